The van der Waals surface area contributed by atoms with E-state index in [9.17, 15) is 9.59 Å². The number of carbonyl (C=O) groups excluding carboxylic acids is 2. The monoisotopic (exact) mass is 684 g/mol. The topological polar surface area (TPSA) is 85.7 Å². The molecular weight excluding hydrogens is 654 g/mol. The number of amides is 1. The third kappa shape index (κ3) is 4.52. The molecule has 0 radical (unpaired) electrons. The Labute approximate surface area is 286 Å². The fourth-order valence-corrected chi connectivity index (χ4v) is 8.76. The summed E-state index contributed by atoms with van der Waals surface area (Å²) in [6, 6.07) is 23.6. The minimum atomic E-state index is -1.34. The minimum absolute atomic E-state index is 0.0216. The molecule has 3 aliphatic heterocycles. The van der Waals surface area contributed by atoms with Crippen LogP contribution in [0, 0.1) is 5.82 Å². The first-order valence-electron chi connectivity index (χ1n) is 15.7. The summed E-state index contributed by atoms with van der Waals surface area (Å²) in [5, 5.41) is 3.58. The molecule has 0 unspecified atom stereocenters. The van der Waals surface area contributed by atoms with E-state index in [4.69, 9.17) is 37.7 Å². The van der Waals surface area contributed by atoms with Gasteiger partial charge in [0.15, 0.2) is 0 Å². The largest absolute Gasteiger partial charge is 0.465 e. The summed E-state index contributed by atoms with van der Waals surface area (Å²) in [7, 11) is 3.00. The molecule has 8 rings (SSSR count). The summed E-state index contributed by atoms with van der Waals surface area (Å²) in [5.74, 6) is -1.74. The number of nitrogens with zero attached hydrogens (tertiary/aromatic N) is 3. The van der Waals surface area contributed by atoms with Gasteiger partial charge in [0.05, 0.1) is 35.3 Å². The van der Waals surface area contributed by atoms with E-state index < -0.39 is 29.2 Å². The molecule has 8 nitrogen and oxygen atoms in total. The fourth-order valence-electron chi connectivity index (χ4n) is 8.41. The number of anilines is 1. The molecule has 48 heavy (non-hydrogen) atoms. The number of carbonyl (C=O) groups is 2. The van der Waals surface area contributed by atoms with Crippen molar-refractivity contribution in [2.24, 2.45) is 0 Å². The summed E-state index contributed by atoms with van der Waals surface area (Å²) in [5.41, 5.74) is 4.16. The van der Waals surface area contributed by atoms with Gasteiger partial charge in [-0.15, -0.1) is 0 Å². The maximum atomic E-state index is 16.5. The van der Waals surface area contributed by atoms with Gasteiger partial charge in [0.1, 0.15) is 17.2 Å². The first kappa shape index (κ1) is 31.0. The van der Waals surface area contributed by atoms with E-state index in [2.05, 4.69) is 20.9 Å². The Kier molecular flexibility index (Phi) is 7.56. The molecule has 244 valence electrons. The third-order valence-electron chi connectivity index (χ3n) is 10.2. The van der Waals surface area contributed by atoms with Crippen molar-refractivity contribution in [2.75, 3.05) is 19.5 Å². The number of likely N-dealkylation sites (tertiary alicyclic amines) is 1. The number of ether oxygens (including phenoxy) is 2. The SMILES string of the molecule is COCc1cccc(CN2[C@H]3CCn4c(nc5cc(C(=O)OC)ccc54)[C@H]3[C@H](c3cccc(Cl)c3F)[C@]23C(=O)Nc2cc(Cl)ccc23)c1. The standard InChI is InChI=1S/C37H31Cl2FN4O4/c1-47-19-21-6-3-5-20(15-21)18-44-30-13-14-43-29-12-9-22(35(45)48-2)16-28(29)41-34(43)31(30)32(24-7-4-8-26(39)33(24)40)37(44)25-11-10-23(38)17-27(25)42-36(37)46/h3-12,15-17,30-32H,13-14,18-19H2,1-2H3,(H,42,46)/t30-,31+,32-,37+/m0/s1. The lowest BCUT2D eigenvalue weighted by atomic mass is 9.70. The van der Waals surface area contributed by atoms with Crippen LogP contribution in [-0.4, -0.2) is 46.6 Å². The van der Waals surface area contributed by atoms with Crippen molar-refractivity contribution >= 4 is 51.8 Å². The van der Waals surface area contributed by atoms with Crippen molar-refractivity contribution in [1.29, 1.82) is 0 Å². The lowest BCUT2D eigenvalue weighted by molar-refractivity contribution is -0.128. The maximum Gasteiger partial charge on any atom is 0.337 e. The molecule has 0 bridgehead atoms. The summed E-state index contributed by atoms with van der Waals surface area (Å²) < 4.78 is 29.0. The molecule has 1 aromatic heterocycles. The molecule has 4 heterocycles. The van der Waals surface area contributed by atoms with Crippen LogP contribution in [0.3, 0.4) is 0 Å². The molecule has 1 fully saturated rings. The van der Waals surface area contributed by atoms with Crippen LogP contribution in [0.2, 0.25) is 10.0 Å². The van der Waals surface area contributed by atoms with Gasteiger partial charge in [-0.05, 0) is 59.5 Å². The molecule has 0 saturated carbocycles. The number of esters is 1. The van der Waals surface area contributed by atoms with E-state index in [-0.39, 0.29) is 17.0 Å². The number of nitrogens with one attached hydrogen (secondary N) is 1. The van der Waals surface area contributed by atoms with Gasteiger partial charge in [0.25, 0.3) is 0 Å². The lowest BCUT2D eigenvalue weighted by Gasteiger charge is -2.40. The van der Waals surface area contributed by atoms with Crippen molar-refractivity contribution in [2.45, 2.75) is 49.5 Å². The second-order valence-electron chi connectivity index (χ2n) is 12.6. The Balaban J connectivity index is 1.41. The molecule has 1 N–H and O–H groups in total. The van der Waals surface area contributed by atoms with Crippen LogP contribution in [0.5, 0.6) is 0 Å². The van der Waals surface area contributed by atoms with Crippen molar-refractivity contribution in [1.82, 2.24) is 14.5 Å². The predicted octanol–water partition coefficient (Wildman–Crippen LogP) is 7.42. The van der Waals surface area contributed by atoms with E-state index in [1.165, 1.54) is 13.2 Å². The maximum absolute atomic E-state index is 16.5. The second-order valence-corrected chi connectivity index (χ2v) is 13.5. The van der Waals surface area contributed by atoms with Gasteiger partial charge >= 0.3 is 5.97 Å². The quantitative estimate of drug-likeness (QED) is 0.188. The molecule has 1 saturated heterocycles. The number of benzene rings is 4. The van der Waals surface area contributed by atoms with Gasteiger partial charge in [-0.3, -0.25) is 9.69 Å². The van der Waals surface area contributed by atoms with E-state index in [1.807, 2.05) is 30.3 Å². The summed E-state index contributed by atoms with van der Waals surface area (Å²) in [6.07, 6.45) is 0.663. The Morgan fingerprint density at radius 1 is 1.04 bits per heavy atom. The zero-order valence-corrected chi connectivity index (χ0v) is 27.7. The molecule has 5 aromatic rings. The van der Waals surface area contributed by atoms with E-state index >= 15 is 4.39 Å². The van der Waals surface area contributed by atoms with Crippen LogP contribution in [0.1, 0.15) is 56.7 Å². The van der Waals surface area contributed by atoms with Crippen LogP contribution in [0.15, 0.2) is 78.9 Å². The Morgan fingerprint density at radius 3 is 2.67 bits per heavy atom. The van der Waals surface area contributed by atoms with Gasteiger partial charge in [-0.25, -0.2) is 14.2 Å². The van der Waals surface area contributed by atoms with Crippen molar-refractivity contribution in [3.63, 3.8) is 0 Å². The van der Waals surface area contributed by atoms with Crippen molar-refractivity contribution in [3.05, 3.63) is 128 Å². The van der Waals surface area contributed by atoms with Gasteiger partial charge in [0, 0.05) is 54.4 Å². The van der Waals surface area contributed by atoms with Crippen LogP contribution < -0.4 is 5.32 Å². The Bertz CT molecular complexity index is 2140. The Morgan fingerprint density at radius 2 is 1.85 bits per heavy atom. The number of hydrogen-bond donors (Lipinski definition) is 1. The van der Waals surface area contributed by atoms with E-state index in [0.29, 0.717) is 53.5 Å². The highest BCUT2D eigenvalue weighted by molar-refractivity contribution is 6.31. The minimum Gasteiger partial charge on any atom is -0.465 e. The first-order valence-corrected chi connectivity index (χ1v) is 16.5. The van der Waals surface area contributed by atoms with Gasteiger partial charge in [-0.2, -0.15) is 0 Å². The highest BCUT2D eigenvalue weighted by Gasteiger charge is 2.68. The number of halogens is 3. The molecule has 11 heteroatoms. The summed E-state index contributed by atoms with van der Waals surface area (Å²) in [6.45, 7) is 1.46. The third-order valence-corrected chi connectivity index (χ3v) is 10.7. The molecule has 4 aromatic carbocycles. The molecule has 4 atom stereocenters. The zero-order valence-electron chi connectivity index (χ0n) is 26.2. The lowest BCUT2D eigenvalue weighted by Crippen LogP contribution is -2.51. The first-order chi connectivity index (χ1) is 23.3. The second kappa shape index (κ2) is 11.7. The molecular formula is C37H31Cl2FN4O4. The molecule has 0 aliphatic carbocycles. The van der Waals surface area contributed by atoms with Crippen molar-refractivity contribution in [3.8, 4) is 0 Å². The number of methoxy groups -OCH3 is 2. The van der Waals surface area contributed by atoms with Gasteiger partial charge < -0.3 is 19.4 Å². The zero-order chi connectivity index (χ0) is 33.3. The fraction of sp³-hybridized carbons (Fsp3) is 0.270. The number of aryl methyl sites for hydroxylation is 1. The Hall–Kier alpha value is -4.28. The van der Waals surface area contributed by atoms with Gasteiger partial charge in [0.2, 0.25) is 5.91 Å². The van der Waals surface area contributed by atoms with Crippen LogP contribution in [-0.2, 0) is 39.5 Å². The van der Waals surface area contributed by atoms with Crippen LogP contribution in [0.4, 0.5) is 10.1 Å². The normalized spacial score (nSPS) is 22.9. The van der Waals surface area contributed by atoms with Crippen molar-refractivity contribution < 1.29 is 23.5 Å². The smallest absolute Gasteiger partial charge is 0.337 e. The average Bonchev–Trinajstić information content (AvgIpc) is 3.69. The average molecular weight is 686 g/mol. The van der Waals surface area contributed by atoms with Crippen LogP contribution in [0.25, 0.3) is 11.0 Å². The van der Waals surface area contributed by atoms with Gasteiger partial charge in [-0.1, -0.05) is 65.7 Å². The number of hydrogen-bond acceptors (Lipinski definition) is 6. The highest BCUT2D eigenvalue weighted by Crippen LogP contribution is 2.64. The van der Waals surface area contributed by atoms with Crippen LogP contribution >= 0.6 is 23.2 Å². The highest BCUT2D eigenvalue weighted by atomic mass is 35.5. The summed E-state index contributed by atoms with van der Waals surface area (Å²) in [4.78, 5) is 34.7. The predicted molar refractivity (Wildman–Crippen MR) is 181 cm³/mol. The number of imidazole rings is 1. The molecule has 3 aliphatic rings. The number of aromatic nitrogens is 2. The molecule has 1 spiro atoms. The number of fused-ring (bicyclic) bond motifs is 7. The van der Waals surface area contributed by atoms with E-state index in [0.717, 1.165) is 28.0 Å². The number of rotatable bonds is 6. The summed E-state index contributed by atoms with van der Waals surface area (Å²) >= 11 is 12.9. The molecule has 1 amide bonds. The van der Waals surface area contributed by atoms with E-state index in [1.54, 1.807) is 43.5 Å².